The van der Waals surface area contributed by atoms with Gasteiger partial charge in [0.1, 0.15) is 12.4 Å². The zero-order valence-electron chi connectivity index (χ0n) is 21.9. The lowest BCUT2D eigenvalue weighted by atomic mass is 9.92. The third-order valence-corrected chi connectivity index (χ3v) is 5.99. The number of urea groups is 1. The van der Waals surface area contributed by atoms with E-state index in [-0.39, 0.29) is 23.9 Å². The molecule has 0 atom stereocenters. The van der Waals surface area contributed by atoms with E-state index in [1.807, 2.05) is 76.2 Å². The Hall–Kier alpha value is -3.61. The first-order chi connectivity index (χ1) is 16.5. The molecule has 2 aromatic carbocycles. The second-order valence-corrected chi connectivity index (χ2v) is 10.1. The molecule has 7 heteroatoms. The first kappa shape index (κ1) is 26.0. The minimum atomic E-state index is -0.293. The molecular weight excluding hydrogens is 438 g/mol. The molecule has 3 rings (SSSR count). The summed E-state index contributed by atoms with van der Waals surface area (Å²) in [6.45, 7) is 14.7. The van der Waals surface area contributed by atoms with E-state index in [2.05, 4.69) is 31.4 Å². The monoisotopic (exact) mass is 475 g/mol. The molecule has 1 aromatic heterocycles. The third kappa shape index (κ3) is 6.50. The second-order valence-electron chi connectivity index (χ2n) is 10.1. The number of benzene rings is 2. The number of aromatic nitrogens is 2. The maximum absolute atomic E-state index is 13.1. The lowest BCUT2D eigenvalue weighted by molar-refractivity contribution is -0.116. The number of aryl methyl sites for hydroxylation is 2. The van der Waals surface area contributed by atoms with Gasteiger partial charge in [-0.1, -0.05) is 57.5 Å². The molecule has 0 spiro atoms. The van der Waals surface area contributed by atoms with E-state index < -0.39 is 0 Å². The number of nitrogens with zero attached hydrogens (tertiary/aromatic N) is 3. The normalized spacial score (nSPS) is 11.3. The minimum absolute atomic E-state index is 0.0610. The zero-order valence-corrected chi connectivity index (χ0v) is 21.9. The molecule has 0 bridgehead atoms. The molecule has 0 fully saturated rings. The molecule has 0 saturated carbocycles. The van der Waals surface area contributed by atoms with Crippen molar-refractivity contribution >= 4 is 23.4 Å². The molecule has 0 saturated heterocycles. The molecular formula is C28H37N5O2. The highest BCUT2D eigenvalue weighted by Crippen LogP contribution is 2.26. The van der Waals surface area contributed by atoms with E-state index in [9.17, 15) is 9.59 Å². The molecule has 35 heavy (non-hydrogen) atoms. The van der Waals surface area contributed by atoms with Crippen LogP contribution in [0, 0.1) is 20.8 Å². The first-order valence-corrected chi connectivity index (χ1v) is 12.1. The molecule has 7 nitrogen and oxygen atoms in total. The van der Waals surface area contributed by atoms with Crippen LogP contribution in [0.15, 0.2) is 48.5 Å². The summed E-state index contributed by atoms with van der Waals surface area (Å²) in [5.41, 5.74) is 5.55. The van der Waals surface area contributed by atoms with Gasteiger partial charge in [-0.25, -0.2) is 9.48 Å². The van der Waals surface area contributed by atoms with Crippen LogP contribution in [0.4, 0.5) is 16.3 Å². The Morgan fingerprint density at radius 3 is 2.31 bits per heavy atom. The summed E-state index contributed by atoms with van der Waals surface area (Å²) in [6, 6.07) is 15.4. The highest BCUT2D eigenvalue weighted by atomic mass is 16.2. The van der Waals surface area contributed by atoms with Crippen LogP contribution in [0.1, 0.15) is 56.5 Å². The Kier molecular flexibility index (Phi) is 7.99. The third-order valence-electron chi connectivity index (χ3n) is 5.99. The van der Waals surface area contributed by atoms with Crippen LogP contribution >= 0.6 is 0 Å². The number of carbonyl (C=O) groups is 2. The molecule has 2 N–H and O–H groups in total. The Balaban J connectivity index is 1.80. The van der Waals surface area contributed by atoms with Crippen molar-refractivity contribution in [1.29, 1.82) is 0 Å². The minimum Gasteiger partial charge on any atom is -0.315 e. The van der Waals surface area contributed by atoms with Crippen LogP contribution in [-0.2, 0) is 10.2 Å². The van der Waals surface area contributed by atoms with Crippen molar-refractivity contribution in [2.75, 3.05) is 23.7 Å². The maximum Gasteiger partial charge on any atom is 0.322 e. The largest absolute Gasteiger partial charge is 0.322 e. The van der Waals surface area contributed by atoms with E-state index in [4.69, 9.17) is 5.10 Å². The molecule has 0 radical (unpaired) electrons. The Labute approximate surface area is 208 Å². The lowest BCUT2D eigenvalue weighted by Gasteiger charge is -2.23. The zero-order chi connectivity index (χ0) is 25.8. The molecule has 0 aliphatic heterocycles. The van der Waals surface area contributed by atoms with E-state index in [1.165, 1.54) is 4.90 Å². The van der Waals surface area contributed by atoms with Gasteiger partial charge in [-0.3, -0.25) is 4.79 Å². The molecule has 3 amide bonds. The lowest BCUT2D eigenvalue weighted by Crippen LogP contribution is -2.41. The Morgan fingerprint density at radius 1 is 1.00 bits per heavy atom. The summed E-state index contributed by atoms with van der Waals surface area (Å²) in [5, 5.41) is 10.7. The van der Waals surface area contributed by atoms with Crippen LogP contribution in [0.3, 0.4) is 0 Å². The average Bonchev–Trinajstić information content (AvgIpc) is 3.21. The van der Waals surface area contributed by atoms with Crippen LogP contribution in [0.5, 0.6) is 0 Å². The van der Waals surface area contributed by atoms with Gasteiger partial charge in [0.25, 0.3) is 0 Å². The summed E-state index contributed by atoms with van der Waals surface area (Å²) in [6.07, 6.45) is 0.739. The molecule has 186 valence electrons. The van der Waals surface area contributed by atoms with Gasteiger partial charge in [0.15, 0.2) is 0 Å². The number of hydrogen-bond donors (Lipinski definition) is 2. The predicted octanol–water partition coefficient (Wildman–Crippen LogP) is 5.98. The molecule has 0 aliphatic rings. The molecule has 1 heterocycles. The van der Waals surface area contributed by atoms with Crippen molar-refractivity contribution in [2.24, 2.45) is 0 Å². The molecule has 3 aromatic rings. The Bertz CT molecular complexity index is 1190. The quantitative estimate of drug-likeness (QED) is 0.441. The average molecular weight is 476 g/mol. The van der Waals surface area contributed by atoms with Crippen molar-refractivity contribution in [1.82, 2.24) is 14.7 Å². The van der Waals surface area contributed by atoms with Gasteiger partial charge in [0.2, 0.25) is 5.91 Å². The summed E-state index contributed by atoms with van der Waals surface area (Å²) in [7, 11) is 0. The van der Waals surface area contributed by atoms with Gasteiger partial charge in [-0.15, -0.1) is 0 Å². The topological polar surface area (TPSA) is 79.3 Å². The molecule has 0 unspecified atom stereocenters. The van der Waals surface area contributed by atoms with Crippen molar-refractivity contribution in [3.63, 3.8) is 0 Å². The van der Waals surface area contributed by atoms with Gasteiger partial charge in [-0.2, -0.15) is 5.10 Å². The molecule has 0 aliphatic carbocycles. The summed E-state index contributed by atoms with van der Waals surface area (Å²) in [5.74, 6) is 0.304. The summed E-state index contributed by atoms with van der Waals surface area (Å²) < 4.78 is 1.75. The highest BCUT2D eigenvalue weighted by molar-refractivity contribution is 5.97. The number of nitrogens with one attached hydrogen (secondary N) is 2. The number of anilines is 2. The standard InChI is InChI=1S/C28H37N5O2/c1-8-16-32(27(35)29-23-11-9-10-20(3)21(23)4)18-26(34)30-25-17-24(28(5,6)7)31-33(25)22-14-12-19(2)13-15-22/h9-15,17H,8,16,18H2,1-7H3,(H,29,35)(H,30,34). The van der Waals surface area contributed by atoms with E-state index >= 15 is 0 Å². The number of hydrogen-bond acceptors (Lipinski definition) is 3. The SMILES string of the molecule is CCCN(CC(=O)Nc1cc(C(C)(C)C)nn1-c1ccc(C)cc1)C(=O)Nc1cccc(C)c1C. The van der Waals surface area contributed by atoms with Gasteiger partial charge < -0.3 is 15.5 Å². The number of carbonyl (C=O) groups excluding carboxylic acids is 2. The van der Waals surface area contributed by atoms with Crippen molar-refractivity contribution in [3.05, 3.63) is 70.9 Å². The van der Waals surface area contributed by atoms with Gasteiger partial charge in [0, 0.05) is 23.7 Å². The highest BCUT2D eigenvalue weighted by Gasteiger charge is 2.23. The maximum atomic E-state index is 13.1. The van der Waals surface area contributed by atoms with Gasteiger partial charge in [0.05, 0.1) is 11.4 Å². The Morgan fingerprint density at radius 2 is 1.69 bits per heavy atom. The second kappa shape index (κ2) is 10.8. The fourth-order valence-corrected chi connectivity index (χ4v) is 3.68. The van der Waals surface area contributed by atoms with E-state index in [0.29, 0.717) is 12.4 Å². The van der Waals surface area contributed by atoms with Crippen LogP contribution in [-0.4, -0.2) is 39.7 Å². The number of amides is 3. The van der Waals surface area contributed by atoms with Crippen LogP contribution in [0.2, 0.25) is 0 Å². The number of rotatable bonds is 7. The fourth-order valence-electron chi connectivity index (χ4n) is 3.68. The van der Waals surface area contributed by atoms with Crippen molar-refractivity contribution in [3.8, 4) is 5.69 Å². The van der Waals surface area contributed by atoms with Crippen LogP contribution in [0.25, 0.3) is 5.69 Å². The fraction of sp³-hybridized carbons (Fsp3) is 0.393. The van der Waals surface area contributed by atoms with E-state index in [0.717, 1.165) is 40.2 Å². The van der Waals surface area contributed by atoms with Crippen molar-refractivity contribution in [2.45, 2.75) is 60.3 Å². The first-order valence-electron chi connectivity index (χ1n) is 12.1. The van der Waals surface area contributed by atoms with Crippen LogP contribution < -0.4 is 10.6 Å². The van der Waals surface area contributed by atoms with Crippen molar-refractivity contribution < 1.29 is 9.59 Å². The van der Waals surface area contributed by atoms with E-state index in [1.54, 1.807) is 4.68 Å². The van der Waals surface area contributed by atoms with Gasteiger partial charge in [-0.05, 0) is 56.5 Å². The van der Waals surface area contributed by atoms with Gasteiger partial charge >= 0.3 is 6.03 Å². The predicted molar refractivity (Wildman–Crippen MR) is 142 cm³/mol. The summed E-state index contributed by atoms with van der Waals surface area (Å²) in [4.78, 5) is 27.7. The summed E-state index contributed by atoms with van der Waals surface area (Å²) >= 11 is 0. The smallest absolute Gasteiger partial charge is 0.315 e.